The summed E-state index contributed by atoms with van der Waals surface area (Å²) in [6.07, 6.45) is 4.01. The molecule has 20 heavy (non-hydrogen) atoms. The molecule has 1 aromatic carbocycles. The molecule has 0 spiro atoms. The molecule has 0 bridgehead atoms. The second-order valence-electron chi connectivity index (χ2n) is 4.70. The van der Waals surface area contributed by atoms with Gasteiger partial charge in [-0.1, -0.05) is 43.2 Å². The number of nitrogens with two attached hydrogens (primary N) is 1. The summed E-state index contributed by atoms with van der Waals surface area (Å²) in [5, 5.41) is 11.7. The minimum atomic E-state index is -1.05. The number of carboxylic acids is 1. The van der Waals surface area contributed by atoms with Gasteiger partial charge in [-0.15, -0.1) is 0 Å². The molecule has 0 fully saturated rings. The molecule has 110 valence electrons. The molecule has 1 atom stereocenters. The first-order chi connectivity index (χ1) is 9.65. The zero-order valence-electron chi connectivity index (χ0n) is 11.5. The van der Waals surface area contributed by atoms with Crippen molar-refractivity contribution < 1.29 is 14.7 Å². The van der Waals surface area contributed by atoms with Gasteiger partial charge < -0.3 is 16.2 Å². The first kappa shape index (κ1) is 16.2. The van der Waals surface area contributed by atoms with Gasteiger partial charge in [0, 0.05) is 6.42 Å². The number of hydrogen-bond acceptors (Lipinski definition) is 3. The molecule has 0 saturated carbocycles. The Morgan fingerprint density at radius 1 is 1.10 bits per heavy atom. The van der Waals surface area contributed by atoms with Crippen LogP contribution in [0.2, 0.25) is 0 Å². The topological polar surface area (TPSA) is 92.4 Å². The number of carbonyl (C=O) groups excluding carboxylic acids is 1. The van der Waals surface area contributed by atoms with Crippen molar-refractivity contribution >= 4 is 11.9 Å². The van der Waals surface area contributed by atoms with Gasteiger partial charge in [-0.05, 0) is 24.9 Å². The second-order valence-corrected chi connectivity index (χ2v) is 4.70. The molecule has 1 rings (SSSR count). The van der Waals surface area contributed by atoms with Crippen molar-refractivity contribution in [2.24, 2.45) is 5.73 Å². The number of unbranched alkanes of at least 4 members (excludes halogenated alkanes) is 3. The van der Waals surface area contributed by atoms with Crippen molar-refractivity contribution in [1.29, 1.82) is 0 Å². The molecule has 5 nitrogen and oxygen atoms in total. The number of carboxylic acid groups (broad SMARTS) is 1. The van der Waals surface area contributed by atoms with E-state index in [0.29, 0.717) is 18.5 Å². The van der Waals surface area contributed by atoms with E-state index >= 15 is 0 Å². The molecule has 0 saturated heterocycles. The first-order valence-corrected chi connectivity index (χ1v) is 6.92. The summed E-state index contributed by atoms with van der Waals surface area (Å²) in [6.45, 7) is 0.668. The maximum Gasteiger partial charge on any atom is 0.330 e. The first-order valence-electron chi connectivity index (χ1n) is 6.92. The number of hydrogen-bond donors (Lipinski definition) is 3. The minimum absolute atomic E-state index is 0.228. The van der Waals surface area contributed by atoms with Crippen molar-refractivity contribution in [3.63, 3.8) is 0 Å². The lowest BCUT2D eigenvalue weighted by atomic mass is 10.1. The van der Waals surface area contributed by atoms with E-state index in [1.807, 2.05) is 6.07 Å². The van der Waals surface area contributed by atoms with E-state index in [4.69, 9.17) is 5.73 Å². The molecule has 0 aliphatic carbocycles. The third-order valence-corrected chi connectivity index (χ3v) is 3.04. The third kappa shape index (κ3) is 5.84. The fraction of sp³-hybridized carbons (Fsp3) is 0.467. The number of aliphatic carboxylic acids is 1. The quantitative estimate of drug-likeness (QED) is 0.601. The number of carbonyl (C=O) groups is 2. The molecular weight excluding hydrogens is 256 g/mol. The van der Waals surface area contributed by atoms with Crippen LogP contribution >= 0.6 is 0 Å². The molecular formula is C15H22N2O3. The number of nitrogens with one attached hydrogen (secondary N) is 1. The van der Waals surface area contributed by atoms with Crippen molar-refractivity contribution in [3.05, 3.63) is 35.9 Å². The Balaban J connectivity index is 2.43. The van der Waals surface area contributed by atoms with Crippen LogP contribution in [-0.2, 0) is 9.59 Å². The maximum atomic E-state index is 11.8. The highest BCUT2D eigenvalue weighted by Gasteiger charge is 2.21. The molecule has 0 aliphatic heterocycles. The Kier molecular flexibility index (Phi) is 7.35. The lowest BCUT2D eigenvalue weighted by Crippen LogP contribution is -2.33. The van der Waals surface area contributed by atoms with E-state index in [2.05, 4.69) is 5.32 Å². The zero-order chi connectivity index (χ0) is 14.8. The van der Waals surface area contributed by atoms with Crippen LogP contribution in [0.25, 0.3) is 0 Å². The van der Waals surface area contributed by atoms with E-state index in [9.17, 15) is 14.7 Å². The monoisotopic (exact) mass is 278 g/mol. The molecule has 1 unspecified atom stereocenters. The highest BCUT2D eigenvalue weighted by atomic mass is 16.4. The van der Waals surface area contributed by atoms with E-state index in [-0.39, 0.29) is 5.91 Å². The van der Waals surface area contributed by atoms with E-state index in [0.717, 1.165) is 25.7 Å². The van der Waals surface area contributed by atoms with E-state index < -0.39 is 12.0 Å². The van der Waals surface area contributed by atoms with Crippen LogP contribution in [0.1, 0.15) is 43.7 Å². The molecule has 0 heterocycles. The van der Waals surface area contributed by atoms with Crippen LogP contribution in [0.5, 0.6) is 0 Å². The average molecular weight is 278 g/mol. The summed E-state index contributed by atoms with van der Waals surface area (Å²) in [4.78, 5) is 23.0. The van der Waals surface area contributed by atoms with Crippen molar-refractivity contribution in [3.8, 4) is 0 Å². The standard InChI is InChI=1S/C15H22N2O3/c16-11-7-2-1-6-10-13(18)17-14(15(19)20)12-8-4-3-5-9-12/h3-5,8-9,14H,1-2,6-7,10-11,16H2,(H,17,18)(H,19,20). The van der Waals surface area contributed by atoms with Crippen LogP contribution in [0.15, 0.2) is 30.3 Å². The Morgan fingerprint density at radius 3 is 2.35 bits per heavy atom. The molecule has 0 radical (unpaired) electrons. The predicted octanol–water partition coefficient (Wildman–Crippen LogP) is 1.84. The number of rotatable bonds is 9. The van der Waals surface area contributed by atoms with Gasteiger partial charge in [0.15, 0.2) is 6.04 Å². The van der Waals surface area contributed by atoms with Crippen molar-refractivity contribution in [2.75, 3.05) is 6.54 Å². The Bertz CT molecular complexity index is 420. The van der Waals surface area contributed by atoms with Crippen molar-refractivity contribution in [2.45, 2.75) is 38.1 Å². The smallest absolute Gasteiger partial charge is 0.330 e. The Morgan fingerprint density at radius 2 is 1.75 bits per heavy atom. The SMILES string of the molecule is NCCCCCCC(=O)NC(C(=O)O)c1ccccc1. The maximum absolute atomic E-state index is 11.8. The lowest BCUT2D eigenvalue weighted by Gasteiger charge is -2.14. The normalized spacial score (nSPS) is 11.8. The van der Waals surface area contributed by atoms with Gasteiger partial charge in [0.25, 0.3) is 0 Å². The van der Waals surface area contributed by atoms with Gasteiger partial charge in [0.05, 0.1) is 0 Å². The van der Waals surface area contributed by atoms with E-state index in [1.54, 1.807) is 24.3 Å². The summed E-state index contributed by atoms with van der Waals surface area (Å²) < 4.78 is 0. The van der Waals surface area contributed by atoms with Gasteiger partial charge in [0.1, 0.15) is 0 Å². The van der Waals surface area contributed by atoms with Gasteiger partial charge in [0.2, 0.25) is 5.91 Å². The Hall–Kier alpha value is -1.88. The highest BCUT2D eigenvalue weighted by molar-refractivity contribution is 5.84. The lowest BCUT2D eigenvalue weighted by molar-refractivity contribution is -0.142. The molecule has 5 heteroatoms. The molecule has 0 aliphatic rings. The summed E-state index contributed by atoms with van der Waals surface area (Å²) >= 11 is 0. The van der Waals surface area contributed by atoms with Crippen LogP contribution in [0.4, 0.5) is 0 Å². The number of benzene rings is 1. The van der Waals surface area contributed by atoms with Gasteiger partial charge in [-0.3, -0.25) is 4.79 Å². The summed E-state index contributed by atoms with van der Waals surface area (Å²) in [5.74, 6) is -1.28. The molecule has 0 aromatic heterocycles. The minimum Gasteiger partial charge on any atom is -0.479 e. The summed E-state index contributed by atoms with van der Waals surface area (Å²) in [6, 6.07) is 7.73. The Labute approximate surface area is 119 Å². The predicted molar refractivity (Wildman–Crippen MR) is 77.1 cm³/mol. The fourth-order valence-electron chi connectivity index (χ4n) is 1.95. The average Bonchev–Trinajstić information content (AvgIpc) is 2.45. The third-order valence-electron chi connectivity index (χ3n) is 3.04. The van der Waals surface area contributed by atoms with E-state index in [1.165, 1.54) is 0 Å². The number of amides is 1. The zero-order valence-corrected chi connectivity index (χ0v) is 11.5. The van der Waals surface area contributed by atoms with Crippen LogP contribution in [0.3, 0.4) is 0 Å². The van der Waals surface area contributed by atoms with Crippen LogP contribution in [0, 0.1) is 0 Å². The van der Waals surface area contributed by atoms with Crippen LogP contribution < -0.4 is 11.1 Å². The van der Waals surface area contributed by atoms with Crippen LogP contribution in [-0.4, -0.2) is 23.5 Å². The molecule has 4 N–H and O–H groups in total. The fourth-order valence-corrected chi connectivity index (χ4v) is 1.95. The van der Waals surface area contributed by atoms with Crippen molar-refractivity contribution in [1.82, 2.24) is 5.32 Å². The van der Waals surface area contributed by atoms with Gasteiger partial charge >= 0.3 is 5.97 Å². The van der Waals surface area contributed by atoms with Gasteiger partial charge in [-0.2, -0.15) is 0 Å². The summed E-state index contributed by atoms with van der Waals surface area (Å²) in [5.41, 5.74) is 5.97. The molecule has 1 amide bonds. The van der Waals surface area contributed by atoms with Gasteiger partial charge in [-0.25, -0.2) is 4.79 Å². The molecule has 1 aromatic rings. The highest BCUT2D eigenvalue weighted by Crippen LogP contribution is 2.13. The summed E-state index contributed by atoms with van der Waals surface area (Å²) in [7, 11) is 0. The largest absolute Gasteiger partial charge is 0.479 e. The second kappa shape index (κ2) is 9.09.